The number of nitrogens with zero attached hydrogens (tertiary/aromatic N) is 5. The molecule has 0 radical (unpaired) electrons. The molecule has 33 heavy (non-hydrogen) atoms. The largest absolute Gasteiger partial charge is 0.443 e. The fourth-order valence-corrected chi connectivity index (χ4v) is 3.48. The summed E-state index contributed by atoms with van der Waals surface area (Å²) in [5.74, 6) is 1.04. The molecule has 0 saturated heterocycles. The van der Waals surface area contributed by atoms with E-state index < -0.39 is 0 Å². The van der Waals surface area contributed by atoms with Crippen LogP contribution in [0.4, 0.5) is 11.8 Å². The molecule has 0 aliphatic heterocycles. The van der Waals surface area contributed by atoms with Gasteiger partial charge in [-0.05, 0) is 19.1 Å². The Morgan fingerprint density at radius 2 is 2.00 bits per heavy atom. The number of para-hydroxylation sites is 1. The minimum absolute atomic E-state index is 0.213. The third-order valence-electron chi connectivity index (χ3n) is 5.08. The highest BCUT2D eigenvalue weighted by atomic mass is 16.3. The number of carbonyl (C=O) groups excluding carboxylic acids is 1. The van der Waals surface area contributed by atoms with E-state index in [9.17, 15) is 4.79 Å². The lowest BCUT2D eigenvalue weighted by Crippen LogP contribution is -2.14. The Labute approximate surface area is 189 Å². The number of fused-ring (bicyclic) bond motifs is 1. The number of aromatic nitrogens is 5. The Bertz CT molecular complexity index is 1420. The van der Waals surface area contributed by atoms with Crippen molar-refractivity contribution >= 4 is 28.6 Å². The fraction of sp³-hybridized carbons (Fsp3) is 0.125. The summed E-state index contributed by atoms with van der Waals surface area (Å²) >= 11 is 0. The van der Waals surface area contributed by atoms with Gasteiger partial charge in [0.15, 0.2) is 23.7 Å². The van der Waals surface area contributed by atoms with Gasteiger partial charge in [0.05, 0.1) is 11.8 Å². The Kier molecular flexibility index (Phi) is 5.50. The first-order chi connectivity index (χ1) is 16.2. The van der Waals surface area contributed by atoms with Crippen molar-refractivity contribution in [3.8, 4) is 11.3 Å². The summed E-state index contributed by atoms with van der Waals surface area (Å²) in [5, 5.41) is 6.98. The number of benzene rings is 2. The van der Waals surface area contributed by atoms with Gasteiger partial charge in [-0.1, -0.05) is 42.0 Å². The van der Waals surface area contributed by atoms with Crippen LogP contribution in [-0.2, 0) is 6.54 Å². The first-order valence-electron chi connectivity index (χ1n) is 10.4. The molecular formula is C24H21N7O2. The van der Waals surface area contributed by atoms with Crippen LogP contribution < -0.4 is 10.6 Å². The van der Waals surface area contributed by atoms with Crippen LogP contribution in [0.1, 0.15) is 16.1 Å². The van der Waals surface area contributed by atoms with Gasteiger partial charge in [-0.2, -0.15) is 0 Å². The van der Waals surface area contributed by atoms with Crippen LogP contribution in [0.15, 0.2) is 78.1 Å². The number of hydrogen-bond acceptors (Lipinski definition) is 7. The molecule has 0 spiro atoms. The molecule has 0 atom stereocenters. The zero-order valence-electron chi connectivity index (χ0n) is 17.9. The highest BCUT2D eigenvalue weighted by Crippen LogP contribution is 2.24. The third kappa shape index (κ3) is 4.57. The molecular weight excluding hydrogens is 418 g/mol. The summed E-state index contributed by atoms with van der Waals surface area (Å²) in [7, 11) is 0. The molecule has 3 aromatic heterocycles. The van der Waals surface area contributed by atoms with Gasteiger partial charge in [0.25, 0.3) is 5.91 Å². The highest BCUT2D eigenvalue weighted by molar-refractivity contribution is 6.05. The van der Waals surface area contributed by atoms with Crippen molar-refractivity contribution in [2.24, 2.45) is 0 Å². The van der Waals surface area contributed by atoms with Crippen molar-refractivity contribution in [3.63, 3.8) is 0 Å². The predicted molar refractivity (Wildman–Crippen MR) is 125 cm³/mol. The van der Waals surface area contributed by atoms with Gasteiger partial charge in [0.1, 0.15) is 0 Å². The Morgan fingerprint density at radius 1 is 1.09 bits per heavy atom. The molecule has 2 aromatic carbocycles. The van der Waals surface area contributed by atoms with Gasteiger partial charge in [0, 0.05) is 36.4 Å². The number of imidazole rings is 1. The second-order valence-electron chi connectivity index (χ2n) is 7.53. The lowest BCUT2D eigenvalue weighted by molar-refractivity contribution is 0.102. The van der Waals surface area contributed by atoms with Crippen molar-refractivity contribution in [2.75, 3.05) is 17.2 Å². The summed E-state index contributed by atoms with van der Waals surface area (Å²) in [5.41, 5.74) is 2.97. The molecule has 5 aromatic rings. The molecule has 0 saturated carbocycles. The van der Waals surface area contributed by atoms with Crippen molar-refractivity contribution < 1.29 is 9.21 Å². The quantitative estimate of drug-likeness (QED) is 0.392. The fourth-order valence-electron chi connectivity index (χ4n) is 3.48. The number of carbonyl (C=O) groups is 1. The number of hydrogen-bond donors (Lipinski definition) is 2. The van der Waals surface area contributed by atoms with E-state index in [1.54, 1.807) is 18.7 Å². The lowest BCUT2D eigenvalue weighted by atomic mass is 10.1. The van der Waals surface area contributed by atoms with Crippen LogP contribution in [0.5, 0.6) is 0 Å². The van der Waals surface area contributed by atoms with Crippen molar-refractivity contribution in [1.82, 2.24) is 24.5 Å². The first-order valence-corrected chi connectivity index (χ1v) is 10.4. The average molecular weight is 439 g/mol. The number of nitrogens with one attached hydrogen (secondary N) is 2. The van der Waals surface area contributed by atoms with Crippen LogP contribution in [0.25, 0.3) is 22.2 Å². The number of aryl methyl sites for hydroxylation is 1. The number of amides is 1. The summed E-state index contributed by atoms with van der Waals surface area (Å²) in [6, 6.07) is 15.5. The molecule has 0 aliphatic carbocycles. The molecule has 1 amide bonds. The summed E-state index contributed by atoms with van der Waals surface area (Å²) in [6.45, 7) is 3.20. The monoisotopic (exact) mass is 439 g/mol. The van der Waals surface area contributed by atoms with Crippen molar-refractivity contribution in [3.05, 3.63) is 84.9 Å². The van der Waals surface area contributed by atoms with Crippen LogP contribution in [0.3, 0.4) is 0 Å². The molecule has 0 aliphatic rings. The maximum absolute atomic E-state index is 12.8. The molecule has 9 heteroatoms. The standard InChI is InChI=1S/C24H21N7O2/c1-16-5-4-7-17(11-16)22-21(28-15-33-22)23(32)30-20-13-31(14-27-20)10-9-25-24-26-12-18-6-2-3-8-19(18)29-24/h2-8,11-15H,9-10H2,1H3,(H,30,32)(H,25,26,29). The average Bonchev–Trinajstić information content (AvgIpc) is 3.49. The molecule has 9 nitrogen and oxygen atoms in total. The van der Waals surface area contributed by atoms with Gasteiger partial charge < -0.3 is 19.6 Å². The predicted octanol–water partition coefficient (Wildman–Crippen LogP) is 4.15. The van der Waals surface area contributed by atoms with E-state index in [0.29, 0.717) is 30.6 Å². The summed E-state index contributed by atoms with van der Waals surface area (Å²) in [6.07, 6.45) is 6.48. The van der Waals surface area contributed by atoms with E-state index in [2.05, 4.69) is 30.6 Å². The summed E-state index contributed by atoms with van der Waals surface area (Å²) < 4.78 is 7.34. The number of oxazole rings is 1. The van der Waals surface area contributed by atoms with E-state index in [1.807, 2.05) is 60.0 Å². The van der Waals surface area contributed by atoms with E-state index in [4.69, 9.17) is 4.42 Å². The minimum atomic E-state index is -0.381. The number of anilines is 2. The SMILES string of the molecule is Cc1cccc(-c2ocnc2C(=O)Nc2cn(CCNc3ncc4ccccc4n3)cn2)c1. The van der Waals surface area contributed by atoms with Gasteiger partial charge in [-0.15, -0.1) is 0 Å². The molecule has 164 valence electrons. The van der Waals surface area contributed by atoms with E-state index in [-0.39, 0.29) is 11.6 Å². The molecule has 0 fully saturated rings. The van der Waals surface area contributed by atoms with Gasteiger partial charge >= 0.3 is 0 Å². The zero-order valence-corrected chi connectivity index (χ0v) is 17.9. The van der Waals surface area contributed by atoms with Gasteiger partial charge in [-0.25, -0.2) is 19.9 Å². The Hall–Kier alpha value is -4.53. The maximum Gasteiger partial charge on any atom is 0.279 e. The Morgan fingerprint density at radius 3 is 2.91 bits per heavy atom. The normalized spacial score (nSPS) is 10.9. The zero-order chi connectivity index (χ0) is 22.6. The van der Waals surface area contributed by atoms with Crippen LogP contribution in [0.2, 0.25) is 0 Å². The topological polar surface area (TPSA) is 111 Å². The van der Waals surface area contributed by atoms with Crippen molar-refractivity contribution in [1.29, 1.82) is 0 Å². The first kappa shape index (κ1) is 20.4. The highest BCUT2D eigenvalue weighted by Gasteiger charge is 2.19. The Balaban J connectivity index is 1.20. The number of rotatable bonds is 7. The van der Waals surface area contributed by atoms with E-state index >= 15 is 0 Å². The molecule has 5 rings (SSSR count). The van der Waals surface area contributed by atoms with Crippen LogP contribution in [-0.4, -0.2) is 37.0 Å². The molecule has 0 bridgehead atoms. The summed E-state index contributed by atoms with van der Waals surface area (Å²) in [4.78, 5) is 29.9. The molecule has 0 unspecified atom stereocenters. The molecule has 3 heterocycles. The van der Waals surface area contributed by atoms with Gasteiger partial charge in [0.2, 0.25) is 5.95 Å². The van der Waals surface area contributed by atoms with E-state index in [1.165, 1.54) is 6.39 Å². The second-order valence-corrected chi connectivity index (χ2v) is 7.53. The lowest BCUT2D eigenvalue weighted by Gasteiger charge is -2.06. The molecule has 2 N–H and O–H groups in total. The van der Waals surface area contributed by atoms with Crippen molar-refractivity contribution in [2.45, 2.75) is 13.5 Å². The minimum Gasteiger partial charge on any atom is -0.443 e. The van der Waals surface area contributed by atoms with E-state index in [0.717, 1.165) is 22.0 Å². The van der Waals surface area contributed by atoms with Crippen LogP contribution >= 0.6 is 0 Å². The maximum atomic E-state index is 12.8. The second kappa shape index (κ2) is 8.91. The third-order valence-corrected chi connectivity index (χ3v) is 5.08. The smallest absolute Gasteiger partial charge is 0.279 e. The van der Waals surface area contributed by atoms with Crippen LogP contribution in [0, 0.1) is 6.92 Å². The van der Waals surface area contributed by atoms with Gasteiger partial charge in [-0.3, -0.25) is 4.79 Å².